The molecule has 1 heterocycles. The molecular formula is C19H20FNOSi. The van der Waals surface area contributed by atoms with Crippen LogP contribution in [0.4, 0.5) is 4.39 Å². The van der Waals surface area contributed by atoms with E-state index in [-0.39, 0.29) is 5.82 Å². The Balaban J connectivity index is 2.09. The second kappa shape index (κ2) is 6.12. The van der Waals surface area contributed by atoms with Crippen LogP contribution in [0.25, 0.3) is 10.9 Å². The first-order valence-electron chi connectivity index (χ1n) is 7.80. The summed E-state index contributed by atoms with van der Waals surface area (Å²) < 4.78 is 20.0. The number of hydrogen-bond donors (Lipinski definition) is 0. The topological polar surface area (TPSA) is 22.1 Å². The summed E-state index contributed by atoms with van der Waals surface area (Å²) in [6.07, 6.45) is 0. The normalized spacial score (nSPS) is 11.2. The first-order valence-corrected chi connectivity index (χ1v) is 10.7. The van der Waals surface area contributed by atoms with Crippen molar-refractivity contribution in [2.24, 2.45) is 0 Å². The number of rotatable bonds is 3. The van der Waals surface area contributed by atoms with E-state index < -0.39 is 8.80 Å². The number of nitrogens with zero attached hydrogens (tertiary/aromatic N) is 1. The predicted octanol–water partition coefficient (Wildman–Crippen LogP) is 4.48. The summed E-state index contributed by atoms with van der Waals surface area (Å²) in [6, 6.07) is 13.0. The Morgan fingerprint density at radius 2 is 1.74 bits per heavy atom. The Bertz CT molecular complexity index is 877. The lowest BCUT2D eigenvalue weighted by Crippen LogP contribution is -2.27. The number of para-hydroxylation sites is 1. The summed E-state index contributed by atoms with van der Waals surface area (Å²) in [4.78, 5) is 4.38. The molecule has 0 aliphatic heterocycles. The summed E-state index contributed by atoms with van der Waals surface area (Å²) in [5.41, 5.74) is 2.35. The summed E-state index contributed by atoms with van der Waals surface area (Å²) in [5.74, 6) is 1.28. The van der Waals surface area contributed by atoms with Crippen molar-refractivity contribution in [3.63, 3.8) is 0 Å². The van der Waals surface area contributed by atoms with Crippen molar-refractivity contribution in [1.29, 1.82) is 0 Å². The summed E-state index contributed by atoms with van der Waals surface area (Å²) in [5, 5.41) is 2.08. The van der Waals surface area contributed by atoms with E-state index >= 15 is 0 Å². The fourth-order valence-electron chi connectivity index (χ4n) is 2.94. The molecule has 3 aromatic rings. The zero-order valence-corrected chi connectivity index (χ0v) is 15.0. The van der Waals surface area contributed by atoms with Gasteiger partial charge in [0, 0.05) is 5.39 Å². The lowest BCUT2D eigenvalue weighted by molar-refractivity contribution is 0.480. The van der Waals surface area contributed by atoms with E-state index in [1.54, 1.807) is 6.07 Å². The zero-order valence-electron chi connectivity index (χ0n) is 13.9. The van der Waals surface area contributed by atoms with Crippen LogP contribution in [-0.4, -0.2) is 13.8 Å². The average molecular weight is 325 g/mol. The van der Waals surface area contributed by atoms with E-state index in [1.807, 2.05) is 31.2 Å². The predicted molar refractivity (Wildman–Crippen MR) is 96.2 cm³/mol. The minimum Gasteiger partial charge on any atom is -0.456 e. The van der Waals surface area contributed by atoms with Crippen LogP contribution >= 0.6 is 0 Å². The van der Waals surface area contributed by atoms with E-state index in [1.165, 1.54) is 16.8 Å². The highest BCUT2D eigenvalue weighted by Gasteiger charge is 2.14. The van der Waals surface area contributed by atoms with Crippen LogP contribution in [-0.2, 0) is 0 Å². The Morgan fingerprint density at radius 3 is 2.48 bits per heavy atom. The number of halogens is 1. The van der Waals surface area contributed by atoms with Gasteiger partial charge in [-0.1, -0.05) is 37.4 Å². The molecule has 0 amide bonds. The molecule has 1 aromatic heterocycles. The Hall–Kier alpha value is -2.20. The van der Waals surface area contributed by atoms with Crippen LogP contribution in [0, 0.1) is 19.7 Å². The summed E-state index contributed by atoms with van der Waals surface area (Å²) in [6.45, 7) is 8.55. The molecule has 3 rings (SSSR count). The van der Waals surface area contributed by atoms with E-state index in [0.717, 1.165) is 11.1 Å². The molecule has 23 heavy (non-hydrogen) atoms. The molecule has 2 nitrogen and oxygen atoms in total. The smallest absolute Gasteiger partial charge is 0.149 e. The van der Waals surface area contributed by atoms with E-state index in [2.05, 4.69) is 31.1 Å². The standard InChI is InChI=1S/C19H20FNOSi/c1-12-7-5-10-16(19(12)23(3)4)22-17-11-14-8-6-9-15(20)18(14)21-13(17)2/h5-11,23H,1-4H3. The number of aromatic nitrogens is 1. The van der Waals surface area contributed by atoms with Crippen LogP contribution in [0.15, 0.2) is 42.5 Å². The Kier molecular flexibility index (Phi) is 4.18. The maximum Gasteiger partial charge on any atom is 0.149 e. The fraction of sp³-hybridized carbons (Fsp3) is 0.211. The highest BCUT2D eigenvalue weighted by Crippen LogP contribution is 2.28. The van der Waals surface area contributed by atoms with Gasteiger partial charge in [-0.15, -0.1) is 0 Å². The molecule has 0 radical (unpaired) electrons. The van der Waals surface area contributed by atoms with Gasteiger partial charge in [0.1, 0.15) is 22.8 Å². The number of fused-ring (bicyclic) bond motifs is 1. The highest BCUT2D eigenvalue weighted by atomic mass is 28.3. The van der Waals surface area contributed by atoms with Crippen molar-refractivity contribution < 1.29 is 9.13 Å². The molecule has 0 bridgehead atoms. The maximum absolute atomic E-state index is 13.8. The number of benzene rings is 2. The van der Waals surface area contributed by atoms with Gasteiger partial charge in [0.2, 0.25) is 0 Å². The van der Waals surface area contributed by atoms with Crippen molar-refractivity contribution >= 4 is 24.9 Å². The number of aryl methyl sites for hydroxylation is 2. The Labute approximate surface area is 137 Å². The number of ether oxygens (including phenoxy) is 1. The van der Waals surface area contributed by atoms with Gasteiger partial charge in [0.05, 0.1) is 14.5 Å². The first kappa shape index (κ1) is 15.7. The third-order valence-electron chi connectivity index (χ3n) is 4.02. The van der Waals surface area contributed by atoms with E-state index in [0.29, 0.717) is 17.0 Å². The molecule has 0 aliphatic carbocycles. The average Bonchev–Trinajstić information content (AvgIpc) is 2.49. The van der Waals surface area contributed by atoms with Crippen LogP contribution in [0.5, 0.6) is 11.5 Å². The van der Waals surface area contributed by atoms with Crippen molar-refractivity contribution in [3.05, 3.63) is 59.5 Å². The van der Waals surface area contributed by atoms with E-state index in [4.69, 9.17) is 4.74 Å². The molecule has 0 aliphatic rings. The van der Waals surface area contributed by atoms with E-state index in [9.17, 15) is 4.39 Å². The van der Waals surface area contributed by atoms with Gasteiger partial charge in [-0.25, -0.2) is 9.37 Å². The third-order valence-corrected chi connectivity index (χ3v) is 5.92. The van der Waals surface area contributed by atoms with Gasteiger partial charge in [0.25, 0.3) is 0 Å². The molecular weight excluding hydrogens is 305 g/mol. The molecule has 0 spiro atoms. The quantitative estimate of drug-likeness (QED) is 0.663. The minimum absolute atomic E-state index is 0.303. The SMILES string of the molecule is Cc1cccc(Oc2cc3cccc(F)c3nc2C)c1[SiH](C)C. The first-order chi connectivity index (χ1) is 11.0. The minimum atomic E-state index is -1.03. The molecule has 2 aromatic carbocycles. The second-order valence-corrected chi connectivity index (χ2v) is 9.01. The van der Waals surface area contributed by atoms with Crippen LogP contribution < -0.4 is 9.92 Å². The molecule has 0 saturated carbocycles. The van der Waals surface area contributed by atoms with Gasteiger partial charge in [0.15, 0.2) is 0 Å². The number of pyridine rings is 1. The highest BCUT2D eigenvalue weighted by molar-refractivity contribution is 6.72. The van der Waals surface area contributed by atoms with Gasteiger partial charge in [-0.3, -0.25) is 0 Å². The van der Waals surface area contributed by atoms with Gasteiger partial charge >= 0.3 is 0 Å². The van der Waals surface area contributed by atoms with Gasteiger partial charge < -0.3 is 4.74 Å². The van der Waals surface area contributed by atoms with Crippen molar-refractivity contribution in [2.75, 3.05) is 0 Å². The molecule has 0 N–H and O–H groups in total. The molecule has 0 saturated heterocycles. The van der Waals surface area contributed by atoms with Crippen molar-refractivity contribution in [1.82, 2.24) is 4.98 Å². The Morgan fingerprint density at radius 1 is 1.00 bits per heavy atom. The van der Waals surface area contributed by atoms with Crippen LogP contribution in [0.1, 0.15) is 11.3 Å². The molecule has 0 fully saturated rings. The maximum atomic E-state index is 13.8. The lowest BCUT2D eigenvalue weighted by atomic mass is 10.2. The number of hydrogen-bond acceptors (Lipinski definition) is 2. The van der Waals surface area contributed by atoms with Crippen LogP contribution in [0.2, 0.25) is 13.1 Å². The van der Waals surface area contributed by atoms with Crippen molar-refractivity contribution in [3.8, 4) is 11.5 Å². The largest absolute Gasteiger partial charge is 0.456 e. The zero-order chi connectivity index (χ0) is 16.6. The molecule has 4 heteroatoms. The fourth-order valence-corrected chi connectivity index (χ4v) is 4.67. The van der Waals surface area contributed by atoms with Crippen LogP contribution in [0.3, 0.4) is 0 Å². The molecule has 118 valence electrons. The monoisotopic (exact) mass is 325 g/mol. The summed E-state index contributed by atoms with van der Waals surface area (Å²) in [7, 11) is -1.03. The van der Waals surface area contributed by atoms with Gasteiger partial charge in [-0.2, -0.15) is 0 Å². The second-order valence-electron chi connectivity index (χ2n) is 6.13. The van der Waals surface area contributed by atoms with Gasteiger partial charge in [-0.05, 0) is 42.8 Å². The molecule has 0 atom stereocenters. The molecule has 0 unspecified atom stereocenters. The lowest BCUT2D eigenvalue weighted by Gasteiger charge is -2.17. The third kappa shape index (κ3) is 2.99. The van der Waals surface area contributed by atoms with Crippen molar-refractivity contribution in [2.45, 2.75) is 26.9 Å². The summed E-state index contributed by atoms with van der Waals surface area (Å²) >= 11 is 0.